The molecule has 150 valence electrons. The monoisotopic (exact) mass is 403 g/mol. The molecule has 5 rings (SSSR count). The maximum Gasteiger partial charge on any atom is 0.261 e. The van der Waals surface area contributed by atoms with Crippen LogP contribution in [0.15, 0.2) is 72.8 Å². The van der Waals surface area contributed by atoms with Gasteiger partial charge in [-0.15, -0.1) is 0 Å². The quantitative estimate of drug-likeness (QED) is 0.275. The number of nitrogens with zero attached hydrogens (tertiary/aromatic N) is 1. The van der Waals surface area contributed by atoms with Crippen LogP contribution in [0.5, 0.6) is 0 Å². The fraction of sp³-hybridized carbons (Fsp3) is 0.143. The third kappa shape index (κ3) is 3.00. The molecule has 4 aromatic carbocycles. The van der Waals surface area contributed by atoms with E-state index in [0.717, 1.165) is 27.3 Å². The molecule has 0 saturated carbocycles. The van der Waals surface area contributed by atoms with E-state index in [1.54, 1.807) is 12.1 Å². The van der Waals surface area contributed by atoms with Crippen molar-refractivity contribution < 1.29 is 9.59 Å². The van der Waals surface area contributed by atoms with Crippen LogP contribution in [-0.2, 0) is 0 Å². The van der Waals surface area contributed by atoms with Gasteiger partial charge in [0.2, 0.25) is 0 Å². The second-order valence-electron chi connectivity index (χ2n) is 8.78. The van der Waals surface area contributed by atoms with Crippen molar-refractivity contribution in [1.82, 2.24) is 4.90 Å². The van der Waals surface area contributed by atoms with E-state index in [1.165, 1.54) is 4.90 Å². The molecule has 0 N–H and O–H groups in total. The van der Waals surface area contributed by atoms with Gasteiger partial charge < -0.3 is 0 Å². The van der Waals surface area contributed by atoms with Crippen LogP contribution >= 0.6 is 0 Å². The second-order valence-corrected chi connectivity index (χ2v) is 8.78. The highest BCUT2D eigenvalue weighted by Crippen LogP contribution is 2.34. The number of rotatable bonds is 0. The number of carbonyl (C=O) groups is 2. The first kappa shape index (κ1) is 19.1. The zero-order chi connectivity index (χ0) is 21.8. The molecule has 2 amide bonds. The Labute approximate surface area is 181 Å². The Bertz CT molecular complexity index is 1430. The van der Waals surface area contributed by atoms with Gasteiger partial charge in [-0.3, -0.25) is 14.5 Å². The molecule has 0 bridgehead atoms. The molecule has 1 aliphatic heterocycles. The predicted molar refractivity (Wildman–Crippen MR) is 124 cm³/mol. The van der Waals surface area contributed by atoms with Crippen LogP contribution in [0.2, 0.25) is 0 Å². The van der Waals surface area contributed by atoms with Crippen molar-refractivity contribution in [3.8, 4) is 11.8 Å². The van der Waals surface area contributed by atoms with Crippen molar-refractivity contribution in [1.29, 1.82) is 0 Å². The van der Waals surface area contributed by atoms with Crippen LogP contribution in [-0.4, -0.2) is 22.3 Å². The Morgan fingerprint density at radius 2 is 1.23 bits per heavy atom. The van der Waals surface area contributed by atoms with E-state index in [1.807, 2.05) is 63.2 Å². The lowest BCUT2D eigenvalue weighted by Gasteiger charge is -2.37. The molecule has 3 nitrogen and oxygen atoms in total. The average Bonchev–Trinajstić information content (AvgIpc) is 2.75. The Morgan fingerprint density at radius 3 is 1.97 bits per heavy atom. The molecule has 0 aromatic heterocycles. The lowest BCUT2D eigenvalue weighted by Crippen LogP contribution is -2.51. The predicted octanol–water partition coefficient (Wildman–Crippen LogP) is 5.79. The Morgan fingerprint density at radius 1 is 0.645 bits per heavy atom. The molecule has 1 aliphatic rings. The summed E-state index contributed by atoms with van der Waals surface area (Å²) in [6.07, 6.45) is 0. The van der Waals surface area contributed by atoms with Gasteiger partial charge in [-0.2, -0.15) is 0 Å². The van der Waals surface area contributed by atoms with E-state index < -0.39 is 5.54 Å². The number of imide groups is 1. The third-order valence-corrected chi connectivity index (χ3v) is 5.70. The van der Waals surface area contributed by atoms with Crippen molar-refractivity contribution in [2.45, 2.75) is 26.3 Å². The van der Waals surface area contributed by atoms with E-state index in [0.29, 0.717) is 16.5 Å². The van der Waals surface area contributed by atoms with Crippen LogP contribution < -0.4 is 0 Å². The van der Waals surface area contributed by atoms with E-state index in [9.17, 15) is 9.59 Å². The fourth-order valence-corrected chi connectivity index (χ4v) is 4.28. The van der Waals surface area contributed by atoms with Crippen molar-refractivity contribution in [2.24, 2.45) is 0 Å². The minimum Gasteiger partial charge on any atom is -0.269 e. The molecule has 31 heavy (non-hydrogen) atoms. The van der Waals surface area contributed by atoms with Gasteiger partial charge in [0.15, 0.2) is 0 Å². The first-order valence-electron chi connectivity index (χ1n) is 10.3. The molecule has 3 heteroatoms. The summed E-state index contributed by atoms with van der Waals surface area (Å²) in [5.41, 5.74) is 2.26. The second kappa shape index (κ2) is 6.82. The van der Waals surface area contributed by atoms with Gasteiger partial charge in [-0.25, -0.2) is 0 Å². The van der Waals surface area contributed by atoms with Gasteiger partial charge in [0.25, 0.3) is 11.8 Å². The SMILES string of the molecule is CC(C)(C)N1C(=O)c2cccc3c(C#Cc4cccc5ccccc45)ccc(c23)C1=O. The Kier molecular flexibility index (Phi) is 4.20. The first-order valence-corrected chi connectivity index (χ1v) is 10.3. The van der Waals surface area contributed by atoms with Gasteiger partial charge in [-0.1, -0.05) is 60.4 Å². The molecule has 0 fully saturated rings. The highest BCUT2D eigenvalue weighted by molar-refractivity contribution is 6.26. The van der Waals surface area contributed by atoms with Crippen LogP contribution in [0.25, 0.3) is 21.5 Å². The van der Waals surface area contributed by atoms with Crippen molar-refractivity contribution in [2.75, 3.05) is 0 Å². The molecule has 0 unspecified atom stereocenters. The molecular formula is C28H21NO2. The smallest absolute Gasteiger partial charge is 0.261 e. The summed E-state index contributed by atoms with van der Waals surface area (Å²) in [5, 5.41) is 3.77. The van der Waals surface area contributed by atoms with Crippen LogP contribution in [0.4, 0.5) is 0 Å². The highest BCUT2D eigenvalue weighted by atomic mass is 16.2. The van der Waals surface area contributed by atoms with Gasteiger partial charge in [0, 0.05) is 33.2 Å². The van der Waals surface area contributed by atoms with Gasteiger partial charge in [0.05, 0.1) is 0 Å². The van der Waals surface area contributed by atoms with Crippen molar-refractivity contribution in [3.05, 3.63) is 95.1 Å². The zero-order valence-electron chi connectivity index (χ0n) is 17.7. The molecular weight excluding hydrogens is 382 g/mol. The lowest BCUT2D eigenvalue weighted by atomic mass is 9.89. The number of amides is 2. The summed E-state index contributed by atoms with van der Waals surface area (Å²) in [4.78, 5) is 27.7. The molecule has 4 aromatic rings. The number of benzene rings is 4. The van der Waals surface area contributed by atoms with Gasteiger partial charge >= 0.3 is 0 Å². The van der Waals surface area contributed by atoms with Gasteiger partial charge in [0.1, 0.15) is 0 Å². The number of hydrogen-bond acceptors (Lipinski definition) is 2. The summed E-state index contributed by atoms with van der Waals surface area (Å²) in [6, 6.07) is 23.5. The third-order valence-electron chi connectivity index (χ3n) is 5.70. The van der Waals surface area contributed by atoms with Crippen LogP contribution in [0.3, 0.4) is 0 Å². The minimum absolute atomic E-state index is 0.255. The summed E-state index contributed by atoms with van der Waals surface area (Å²) in [7, 11) is 0. The summed E-state index contributed by atoms with van der Waals surface area (Å²) >= 11 is 0. The van der Waals surface area contributed by atoms with E-state index in [4.69, 9.17) is 0 Å². The highest BCUT2D eigenvalue weighted by Gasteiger charge is 2.39. The lowest BCUT2D eigenvalue weighted by molar-refractivity contribution is 0.0460. The summed E-state index contributed by atoms with van der Waals surface area (Å²) < 4.78 is 0. The molecule has 0 aliphatic carbocycles. The molecule has 0 saturated heterocycles. The Hall–Kier alpha value is -3.90. The topological polar surface area (TPSA) is 37.4 Å². The molecule has 0 radical (unpaired) electrons. The maximum atomic E-state index is 13.2. The number of fused-ring (bicyclic) bond motifs is 1. The van der Waals surface area contributed by atoms with E-state index in [2.05, 4.69) is 30.0 Å². The normalized spacial score (nSPS) is 13.5. The molecule has 0 atom stereocenters. The van der Waals surface area contributed by atoms with E-state index in [-0.39, 0.29) is 11.8 Å². The minimum atomic E-state index is -0.596. The van der Waals surface area contributed by atoms with E-state index >= 15 is 0 Å². The van der Waals surface area contributed by atoms with Crippen LogP contribution in [0.1, 0.15) is 52.6 Å². The standard InChI is InChI=1S/C28H21NO2/c1-28(2,3)29-26(30)23-13-7-12-22-20(16-17-24(25(22)23)27(29)31)15-14-19-10-6-9-18-8-4-5-11-21(18)19/h4-13,16-17H,1-3H3. The zero-order valence-corrected chi connectivity index (χ0v) is 17.7. The fourth-order valence-electron chi connectivity index (χ4n) is 4.28. The summed E-state index contributed by atoms with van der Waals surface area (Å²) in [5.74, 6) is 6.07. The largest absolute Gasteiger partial charge is 0.269 e. The maximum absolute atomic E-state index is 13.2. The average molecular weight is 403 g/mol. The first-order chi connectivity index (χ1) is 14.9. The van der Waals surface area contributed by atoms with Crippen LogP contribution in [0, 0.1) is 11.8 Å². The number of carbonyl (C=O) groups excluding carboxylic acids is 2. The molecule has 0 spiro atoms. The molecule has 1 heterocycles. The van der Waals surface area contributed by atoms with Crippen molar-refractivity contribution >= 4 is 33.4 Å². The Balaban J connectivity index is 1.69. The number of hydrogen-bond donors (Lipinski definition) is 0. The van der Waals surface area contributed by atoms with Crippen molar-refractivity contribution in [3.63, 3.8) is 0 Å². The van der Waals surface area contributed by atoms with Gasteiger partial charge in [-0.05, 0) is 61.2 Å². The summed E-state index contributed by atoms with van der Waals surface area (Å²) in [6.45, 7) is 5.62.